The van der Waals surface area contributed by atoms with Gasteiger partial charge >= 0.3 is 5.97 Å². The van der Waals surface area contributed by atoms with Gasteiger partial charge in [0.05, 0.1) is 6.61 Å². The molecule has 0 bridgehead atoms. The summed E-state index contributed by atoms with van der Waals surface area (Å²) in [4.78, 5) is 27.7. The van der Waals surface area contributed by atoms with Crippen molar-refractivity contribution in [3.8, 4) is 0 Å². The Kier molecular flexibility index (Phi) is 78.4. The minimum atomic E-state index is -1.08. The van der Waals surface area contributed by atoms with Gasteiger partial charge in [0.1, 0.15) is 0 Å². The molecule has 0 aromatic heterocycles. The van der Waals surface area contributed by atoms with Gasteiger partial charge in [0.15, 0.2) is 0 Å². The number of rotatable bonds is 1. The number of aliphatic hydroxyl groups is 2. The number of aliphatic hydroxyl groups excluding tert-OH is 2. The molecule has 0 aromatic rings. The summed E-state index contributed by atoms with van der Waals surface area (Å²) in [6, 6.07) is 0. The predicted octanol–water partition coefficient (Wildman–Crippen LogP) is -0.340. The van der Waals surface area contributed by atoms with E-state index in [-0.39, 0.29) is 20.0 Å². The first-order valence-electron chi connectivity index (χ1n) is 5.21. The van der Waals surface area contributed by atoms with Crippen LogP contribution in [-0.4, -0.2) is 53.6 Å². The second-order valence-electron chi connectivity index (χ2n) is 2.25. The molecule has 126 valence electrons. The summed E-state index contributed by atoms with van der Waals surface area (Å²) in [7, 11) is 1.00. The van der Waals surface area contributed by atoms with Crippen molar-refractivity contribution in [1.29, 1.82) is 0 Å². The molecule has 0 rings (SSSR count). The molecule has 0 radical (unpaired) electrons. The Balaban J connectivity index is -0.0000000317. The SMILES string of the molecule is C.CC(=O)O.CC(=O)[O-].CCO.CCOC(C)=O.CO. The van der Waals surface area contributed by atoms with Crippen molar-refractivity contribution in [3.05, 3.63) is 0 Å². The summed E-state index contributed by atoms with van der Waals surface area (Å²) in [5, 5.41) is 30.9. The molecule has 0 atom stereocenters. The number of hydrogen-bond acceptors (Lipinski definition) is 7. The summed E-state index contributed by atoms with van der Waals surface area (Å²) in [6.45, 7) is 7.64. The number of ether oxygens (including phenoxy) is 1. The van der Waals surface area contributed by atoms with Gasteiger partial charge in [-0.05, 0) is 20.8 Å². The Morgan fingerprint density at radius 2 is 1.20 bits per heavy atom. The smallest absolute Gasteiger partial charge is 0.302 e. The van der Waals surface area contributed by atoms with E-state index in [0.717, 1.165) is 21.0 Å². The largest absolute Gasteiger partial charge is 0.550 e. The van der Waals surface area contributed by atoms with E-state index in [1.165, 1.54) is 6.92 Å². The fourth-order valence-corrected chi connectivity index (χ4v) is 0.203. The van der Waals surface area contributed by atoms with Gasteiger partial charge in [0, 0.05) is 33.5 Å². The number of esters is 1. The summed E-state index contributed by atoms with van der Waals surface area (Å²) in [5.41, 5.74) is 0. The summed E-state index contributed by atoms with van der Waals surface area (Å²) in [6.07, 6.45) is 0. The van der Waals surface area contributed by atoms with Crippen LogP contribution in [0.25, 0.3) is 0 Å². The topological polar surface area (TPSA) is 144 Å². The van der Waals surface area contributed by atoms with Gasteiger partial charge in [-0.1, -0.05) is 7.43 Å². The zero-order valence-electron chi connectivity index (χ0n) is 12.3. The Morgan fingerprint density at radius 1 is 1.05 bits per heavy atom. The van der Waals surface area contributed by atoms with Crippen molar-refractivity contribution in [2.75, 3.05) is 20.3 Å². The molecule has 0 spiro atoms. The molecule has 0 aliphatic rings. The Morgan fingerprint density at radius 3 is 1.20 bits per heavy atom. The van der Waals surface area contributed by atoms with Gasteiger partial charge in [-0.3, -0.25) is 9.59 Å². The molecule has 0 aromatic carbocycles. The van der Waals surface area contributed by atoms with Crippen LogP contribution in [-0.2, 0) is 19.1 Å². The van der Waals surface area contributed by atoms with E-state index in [0.29, 0.717) is 6.61 Å². The van der Waals surface area contributed by atoms with Crippen molar-refractivity contribution in [2.24, 2.45) is 0 Å². The van der Waals surface area contributed by atoms with Crippen molar-refractivity contribution in [1.82, 2.24) is 0 Å². The molecule has 8 heteroatoms. The van der Waals surface area contributed by atoms with E-state index in [1.54, 1.807) is 13.8 Å². The van der Waals surface area contributed by atoms with Crippen LogP contribution >= 0.6 is 0 Å². The maximum absolute atomic E-state index is 9.82. The van der Waals surface area contributed by atoms with Gasteiger partial charge in [-0.15, -0.1) is 0 Å². The fraction of sp³-hybridized carbons (Fsp3) is 0.750. The number of carboxylic acid groups (broad SMARTS) is 2. The van der Waals surface area contributed by atoms with E-state index < -0.39 is 11.9 Å². The average molecular weight is 301 g/mol. The number of hydrogen-bond donors (Lipinski definition) is 3. The Hall–Kier alpha value is -1.67. The van der Waals surface area contributed by atoms with E-state index >= 15 is 0 Å². The number of carbonyl (C=O) groups excluding carboxylic acids is 2. The molecule has 0 heterocycles. The highest BCUT2D eigenvalue weighted by Crippen LogP contribution is 1.69. The minimum absolute atomic E-state index is 0. The lowest BCUT2D eigenvalue weighted by Crippen LogP contribution is -2.16. The zero-order chi connectivity index (χ0) is 16.9. The monoisotopic (exact) mass is 301 g/mol. The Labute approximate surface area is 121 Å². The normalized spacial score (nSPS) is 6.00. The van der Waals surface area contributed by atoms with Crippen LogP contribution in [0.5, 0.6) is 0 Å². The predicted molar refractivity (Wildman–Crippen MR) is 73.9 cm³/mol. The van der Waals surface area contributed by atoms with Crippen molar-refractivity contribution < 1.29 is 39.5 Å². The highest BCUT2D eigenvalue weighted by atomic mass is 16.5. The molecule has 0 aliphatic carbocycles. The van der Waals surface area contributed by atoms with Gasteiger partial charge < -0.3 is 30.0 Å². The molecular formula is C12H29O8-. The second kappa shape index (κ2) is 43.3. The molecule has 0 fully saturated rings. The average Bonchev–Trinajstić information content (AvgIpc) is 2.19. The summed E-state index contributed by atoms with van der Waals surface area (Å²) < 4.78 is 4.40. The molecule has 20 heavy (non-hydrogen) atoms. The third-order valence-corrected chi connectivity index (χ3v) is 0.348. The molecule has 3 N–H and O–H groups in total. The number of carboxylic acids is 2. The number of carbonyl (C=O) groups is 3. The quantitative estimate of drug-likeness (QED) is 0.558. The fourth-order valence-electron chi connectivity index (χ4n) is 0.203. The van der Waals surface area contributed by atoms with Crippen molar-refractivity contribution in [3.63, 3.8) is 0 Å². The van der Waals surface area contributed by atoms with Crippen LogP contribution in [0.15, 0.2) is 0 Å². The first-order chi connectivity index (χ1) is 8.65. The molecule has 0 saturated heterocycles. The van der Waals surface area contributed by atoms with E-state index in [9.17, 15) is 4.79 Å². The van der Waals surface area contributed by atoms with Gasteiger partial charge in [-0.2, -0.15) is 0 Å². The van der Waals surface area contributed by atoms with Crippen LogP contribution in [0, 0.1) is 0 Å². The first-order valence-corrected chi connectivity index (χ1v) is 5.21. The van der Waals surface area contributed by atoms with Crippen LogP contribution < -0.4 is 5.11 Å². The van der Waals surface area contributed by atoms with E-state index in [1.807, 2.05) is 0 Å². The Bertz CT molecular complexity index is 172. The molecule has 8 nitrogen and oxygen atoms in total. The van der Waals surface area contributed by atoms with E-state index in [2.05, 4.69) is 4.74 Å². The molecular weight excluding hydrogens is 272 g/mol. The highest BCUT2D eigenvalue weighted by Gasteiger charge is 1.81. The lowest BCUT2D eigenvalue weighted by Gasteiger charge is -1.89. The summed E-state index contributed by atoms with van der Waals surface area (Å²) in [5.74, 6) is -2.13. The third kappa shape index (κ3) is 2170. The highest BCUT2D eigenvalue weighted by molar-refractivity contribution is 5.65. The summed E-state index contributed by atoms with van der Waals surface area (Å²) >= 11 is 0. The molecule has 0 aliphatic heterocycles. The maximum atomic E-state index is 9.82. The molecule has 0 unspecified atom stereocenters. The lowest BCUT2D eigenvalue weighted by molar-refractivity contribution is -0.302. The number of aliphatic carboxylic acids is 2. The van der Waals surface area contributed by atoms with E-state index in [4.69, 9.17) is 30.0 Å². The van der Waals surface area contributed by atoms with Crippen LogP contribution in [0.4, 0.5) is 0 Å². The van der Waals surface area contributed by atoms with Crippen LogP contribution in [0.2, 0.25) is 0 Å². The first kappa shape index (κ1) is 36.2. The van der Waals surface area contributed by atoms with Crippen LogP contribution in [0.1, 0.15) is 42.0 Å². The van der Waals surface area contributed by atoms with Gasteiger partial charge in [0.2, 0.25) is 0 Å². The van der Waals surface area contributed by atoms with Crippen molar-refractivity contribution in [2.45, 2.75) is 42.0 Å². The third-order valence-electron chi connectivity index (χ3n) is 0.348. The minimum Gasteiger partial charge on any atom is -0.550 e. The standard InChI is InChI=1S/C4H8O2.2C2H4O2.C2H6O.CH4O.CH4/c1-3-6-4(2)5;2*1-2(3)4;1-2-3;1-2;/h3H2,1-2H3;2*1H3,(H,3,4);3H,2H2,1H3;2H,1H3;1H4/p-1. The van der Waals surface area contributed by atoms with Gasteiger partial charge in [0.25, 0.3) is 5.97 Å². The van der Waals surface area contributed by atoms with Crippen molar-refractivity contribution >= 4 is 17.9 Å². The lowest BCUT2D eigenvalue weighted by atomic mass is 10.8. The zero-order valence-corrected chi connectivity index (χ0v) is 12.3. The maximum Gasteiger partial charge on any atom is 0.302 e. The molecule has 0 amide bonds. The second-order valence-corrected chi connectivity index (χ2v) is 2.25. The van der Waals surface area contributed by atoms with Gasteiger partial charge in [-0.25, -0.2) is 0 Å². The van der Waals surface area contributed by atoms with Crippen LogP contribution in [0.3, 0.4) is 0 Å². The molecule has 0 saturated carbocycles.